The first kappa shape index (κ1) is 20.4. The van der Waals surface area contributed by atoms with E-state index >= 15 is 0 Å². The van der Waals surface area contributed by atoms with Crippen LogP contribution in [0.1, 0.15) is 26.2 Å². The molecule has 0 aliphatic carbocycles. The zero-order chi connectivity index (χ0) is 18.7. The minimum Gasteiger partial charge on any atom is -0.381 e. The summed E-state index contributed by atoms with van der Waals surface area (Å²) in [5, 5.41) is 6.97. The largest absolute Gasteiger partial charge is 0.381 e. The highest BCUT2D eigenvalue weighted by Crippen LogP contribution is 2.22. The Morgan fingerprint density at radius 2 is 2.11 bits per heavy atom. The average Bonchev–Trinajstić information content (AvgIpc) is 3.25. The molecule has 0 amide bonds. The molecular weight excluding hydrogens is 360 g/mol. The van der Waals surface area contributed by atoms with Gasteiger partial charge >= 0.3 is 0 Å². The van der Waals surface area contributed by atoms with Crippen LogP contribution in [0.25, 0.3) is 0 Å². The van der Waals surface area contributed by atoms with E-state index in [4.69, 9.17) is 14.5 Å². The summed E-state index contributed by atoms with van der Waals surface area (Å²) >= 11 is 1.82. The van der Waals surface area contributed by atoms with Gasteiger partial charge in [-0.15, -0.1) is 11.3 Å². The molecule has 0 unspecified atom stereocenters. The zero-order valence-corrected chi connectivity index (χ0v) is 17.4. The van der Waals surface area contributed by atoms with Crippen LogP contribution in [0, 0.1) is 5.92 Å². The highest BCUT2D eigenvalue weighted by Gasteiger charge is 2.20. The van der Waals surface area contributed by atoms with Crippen LogP contribution < -0.4 is 10.2 Å². The van der Waals surface area contributed by atoms with E-state index in [1.807, 2.05) is 11.3 Å². The van der Waals surface area contributed by atoms with Gasteiger partial charge in [-0.25, -0.2) is 0 Å². The van der Waals surface area contributed by atoms with E-state index in [2.05, 4.69) is 39.6 Å². The lowest BCUT2D eigenvalue weighted by molar-refractivity contribution is 0.0205. The standard InChI is InChI=1S/C20H34N4O2S/c1-2-21-20(22-8-4-13-26-17-18-6-14-25-15-7-18)24-11-9-23(10-12-24)19-5-3-16-27-19/h3,5,16,18H,2,4,6-15,17H2,1H3,(H,21,22). The van der Waals surface area contributed by atoms with Crippen molar-refractivity contribution in [3.8, 4) is 0 Å². The lowest BCUT2D eigenvalue weighted by Crippen LogP contribution is -2.52. The molecule has 0 saturated carbocycles. The third-order valence-corrected chi connectivity index (χ3v) is 6.06. The Labute approximate surface area is 167 Å². The number of thiophene rings is 1. The van der Waals surface area contributed by atoms with Crippen LogP contribution in [0.3, 0.4) is 0 Å². The molecule has 27 heavy (non-hydrogen) atoms. The Hall–Kier alpha value is -1.31. The van der Waals surface area contributed by atoms with Gasteiger partial charge in [-0.3, -0.25) is 4.99 Å². The number of ether oxygens (including phenoxy) is 2. The number of anilines is 1. The second kappa shape index (κ2) is 11.5. The van der Waals surface area contributed by atoms with Gasteiger partial charge in [-0.2, -0.15) is 0 Å². The topological polar surface area (TPSA) is 49.3 Å². The van der Waals surface area contributed by atoms with Gasteiger partial charge in [-0.1, -0.05) is 0 Å². The van der Waals surface area contributed by atoms with Gasteiger partial charge in [0, 0.05) is 65.7 Å². The predicted molar refractivity (Wildman–Crippen MR) is 113 cm³/mol. The van der Waals surface area contributed by atoms with Crippen molar-refractivity contribution in [1.29, 1.82) is 0 Å². The van der Waals surface area contributed by atoms with Crippen LogP contribution in [-0.4, -0.2) is 76.6 Å². The fourth-order valence-electron chi connectivity index (χ4n) is 3.53. The zero-order valence-electron chi connectivity index (χ0n) is 16.6. The number of hydrogen-bond acceptors (Lipinski definition) is 5. The van der Waals surface area contributed by atoms with E-state index in [1.54, 1.807) is 0 Å². The SMILES string of the molecule is CCNC(=NCCCOCC1CCOCC1)N1CCN(c2cccs2)CC1. The summed E-state index contributed by atoms with van der Waals surface area (Å²) in [6, 6.07) is 4.34. The van der Waals surface area contributed by atoms with Crippen molar-refractivity contribution in [3.63, 3.8) is 0 Å². The molecule has 1 N–H and O–H groups in total. The second-order valence-corrected chi connectivity index (χ2v) is 8.07. The maximum absolute atomic E-state index is 5.85. The molecule has 2 aliphatic rings. The van der Waals surface area contributed by atoms with Gasteiger partial charge in [0.25, 0.3) is 0 Å². The van der Waals surface area contributed by atoms with Gasteiger partial charge in [0.1, 0.15) is 0 Å². The lowest BCUT2D eigenvalue weighted by atomic mass is 10.0. The van der Waals surface area contributed by atoms with E-state index in [-0.39, 0.29) is 0 Å². The van der Waals surface area contributed by atoms with E-state index in [0.717, 1.165) is 90.9 Å². The molecule has 1 aromatic rings. The molecule has 0 radical (unpaired) electrons. The van der Waals surface area contributed by atoms with Crippen LogP contribution in [0.5, 0.6) is 0 Å². The van der Waals surface area contributed by atoms with Crippen molar-refractivity contribution in [2.24, 2.45) is 10.9 Å². The molecule has 6 nitrogen and oxygen atoms in total. The minimum atomic E-state index is 0.680. The summed E-state index contributed by atoms with van der Waals surface area (Å²) in [6.07, 6.45) is 3.26. The first-order chi connectivity index (χ1) is 13.4. The summed E-state index contributed by atoms with van der Waals surface area (Å²) in [4.78, 5) is 9.68. The number of hydrogen-bond donors (Lipinski definition) is 1. The Balaban J connectivity index is 1.35. The Kier molecular flexibility index (Phi) is 8.71. The molecule has 7 heteroatoms. The molecule has 2 aliphatic heterocycles. The normalized spacial score (nSPS) is 19.5. The van der Waals surface area contributed by atoms with Gasteiger partial charge in [-0.05, 0) is 49.6 Å². The third kappa shape index (κ3) is 6.66. The van der Waals surface area contributed by atoms with Gasteiger partial charge in [0.2, 0.25) is 0 Å². The van der Waals surface area contributed by atoms with E-state index in [0.29, 0.717) is 5.92 Å². The minimum absolute atomic E-state index is 0.680. The molecule has 3 rings (SSSR count). The van der Waals surface area contributed by atoms with E-state index in [9.17, 15) is 0 Å². The summed E-state index contributed by atoms with van der Waals surface area (Å²) in [5.74, 6) is 1.73. The highest BCUT2D eigenvalue weighted by atomic mass is 32.1. The fraction of sp³-hybridized carbons (Fsp3) is 0.750. The first-order valence-corrected chi connectivity index (χ1v) is 11.2. The lowest BCUT2D eigenvalue weighted by Gasteiger charge is -2.37. The quantitative estimate of drug-likeness (QED) is 0.417. The fourth-order valence-corrected chi connectivity index (χ4v) is 4.31. The molecule has 0 aromatic carbocycles. The van der Waals surface area contributed by atoms with Crippen LogP contribution in [0.15, 0.2) is 22.5 Å². The molecule has 1 aromatic heterocycles. The third-order valence-electron chi connectivity index (χ3n) is 5.13. The molecule has 2 saturated heterocycles. The Morgan fingerprint density at radius 3 is 2.81 bits per heavy atom. The van der Waals surface area contributed by atoms with Gasteiger partial charge in [0.05, 0.1) is 5.00 Å². The Morgan fingerprint density at radius 1 is 1.30 bits per heavy atom. The van der Waals surface area contributed by atoms with E-state index in [1.165, 1.54) is 5.00 Å². The van der Waals surface area contributed by atoms with Crippen LogP contribution in [0.4, 0.5) is 5.00 Å². The molecule has 0 spiro atoms. The van der Waals surface area contributed by atoms with Crippen molar-refractivity contribution in [2.45, 2.75) is 26.2 Å². The maximum atomic E-state index is 5.85. The Bertz CT molecular complexity index is 538. The number of nitrogens with one attached hydrogen (secondary N) is 1. The molecular formula is C20H34N4O2S. The molecule has 3 heterocycles. The number of aliphatic imine (C=N–C) groups is 1. The predicted octanol–water partition coefficient (Wildman–Crippen LogP) is 2.67. The molecule has 0 bridgehead atoms. The number of nitrogens with zero attached hydrogens (tertiary/aromatic N) is 3. The van der Waals surface area contributed by atoms with Crippen molar-refractivity contribution in [2.75, 3.05) is 70.6 Å². The number of guanidine groups is 1. The van der Waals surface area contributed by atoms with Gasteiger partial charge < -0.3 is 24.6 Å². The summed E-state index contributed by atoms with van der Waals surface area (Å²) < 4.78 is 11.2. The van der Waals surface area contributed by atoms with Crippen molar-refractivity contribution >= 4 is 22.3 Å². The van der Waals surface area contributed by atoms with Crippen LogP contribution in [0.2, 0.25) is 0 Å². The summed E-state index contributed by atoms with van der Waals surface area (Å²) in [7, 11) is 0. The second-order valence-electron chi connectivity index (χ2n) is 7.15. The number of rotatable bonds is 8. The molecule has 0 atom stereocenters. The monoisotopic (exact) mass is 394 g/mol. The maximum Gasteiger partial charge on any atom is 0.194 e. The van der Waals surface area contributed by atoms with E-state index < -0.39 is 0 Å². The summed E-state index contributed by atoms with van der Waals surface area (Å²) in [6.45, 7) is 11.5. The summed E-state index contributed by atoms with van der Waals surface area (Å²) in [5.41, 5.74) is 0. The van der Waals surface area contributed by atoms with Crippen molar-refractivity contribution in [1.82, 2.24) is 10.2 Å². The molecule has 2 fully saturated rings. The average molecular weight is 395 g/mol. The smallest absolute Gasteiger partial charge is 0.194 e. The molecule has 152 valence electrons. The van der Waals surface area contributed by atoms with Crippen LogP contribution >= 0.6 is 11.3 Å². The highest BCUT2D eigenvalue weighted by molar-refractivity contribution is 7.14. The number of piperazine rings is 1. The van der Waals surface area contributed by atoms with Crippen LogP contribution in [-0.2, 0) is 9.47 Å². The van der Waals surface area contributed by atoms with Crippen molar-refractivity contribution in [3.05, 3.63) is 17.5 Å². The van der Waals surface area contributed by atoms with Gasteiger partial charge in [0.15, 0.2) is 5.96 Å². The first-order valence-electron chi connectivity index (χ1n) is 10.3. The van der Waals surface area contributed by atoms with Crippen molar-refractivity contribution < 1.29 is 9.47 Å².